The van der Waals surface area contributed by atoms with E-state index in [0.29, 0.717) is 26.3 Å². The first-order valence-corrected chi connectivity index (χ1v) is 8.93. The Hall–Kier alpha value is -1.14. The summed E-state index contributed by atoms with van der Waals surface area (Å²) in [7, 11) is 0. The maximum atomic E-state index is 12.6. The van der Waals surface area contributed by atoms with Gasteiger partial charge in [0.2, 0.25) is 11.8 Å². The molecule has 0 bridgehead atoms. The summed E-state index contributed by atoms with van der Waals surface area (Å²) in [4.78, 5) is 28.2. The van der Waals surface area contributed by atoms with Crippen LogP contribution in [0.4, 0.5) is 0 Å². The molecule has 0 N–H and O–H groups in total. The van der Waals surface area contributed by atoms with Crippen LogP contribution in [-0.4, -0.2) is 66.3 Å². The first-order chi connectivity index (χ1) is 11.1. The quantitative estimate of drug-likeness (QED) is 0.790. The standard InChI is InChI=1S/C17H28N2O4/c1-14(20)19(15-5-3-2-4-6-15)13-16(21)18-9-7-17(8-10-18)22-11-12-23-17/h15H,2-13H2,1H3. The molecule has 0 aromatic heterocycles. The third-order valence-corrected chi connectivity index (χ3v) is 5.42. The maximum Gasteiger partial charge on any atom is 0.242 e. The smallest absolute Gasteiger partial charge is 0.242 e. The summed E-state index contributed by atoms with van der Waals surface area (Å²) in [6, 6.07) is 0.239. The van der Waals surface area contributed by atoms with Crippen LogP contribution in [0, 0.1) is 0 Å². The molecule has 0 radical (unpaired) electrons. The second kappa shape index (κ2) is 7.18. The number of rotatable bonds is 3. The lowest BCUT2D eigenvalue weighted by atomic mass is 9.94. The van der Waals surface area contributed by atoms with Crippen LogP contribution in [-0.2, 0) is 19.1 Å². The predicted molar refractivity (Wildman–Crippen MR) is 84.7 cm³/mol. The second-order valence-corrected chi connectivity index (χ2v) is 6.93. The zero-order valence-corrected chi connectivity index (χ0v) is 14.1. The van der Waals surface area contributed by atoms with Crippen molar-refractivity contribution in [1.82, 2.24) is 9.80 Å². The van der Waals surface area contributed by atoms with Crippen molar-refractivity contribution in [2.75, 3.05) is 32.8 Å². The van der Waals surface area contributed by atoms with Gasteiger partial charge in [-0.15, -0.1) is 0 Å². The van der Waals surface area contributed by atoms with Gasteiger partial charge >= 0.3 is 0 Å². The molecule has 2 heterocycles. The van der Waals surface area contributed by atoms with Gasteiger partial charge in [-0.3, -0.25) is 9.59 Å². The number of piperidine rings is 1. The van der Waals surface area contributed by atoms with E-state index in [9.17, 15) is 9.59 Å². The highest BCUT2D eigenvalue weighted by molar-refractivity contribution is 5.84. The van der Waals surface area contributed by atoms with Crippen LogP contribution < -0.4 is 0 Å². The highest BCUT2D eigenvalue weighted by Crippen LogP contribution is 2.31. The van der Waals surface area contributed by atoms with Crippen LogP contribution in [0.25, 0.3) is 0 Å². The SMILES string of the molecule is CC(=O)N(CC(=O)N1CCC2(CC1)OCCO2)C1CCCCC1. The fourth-order valence-electron chi connectivity index (χ4n) is 4.02. The number of carbonyl (C=O) groups is 2. The van der Waals surface area contributed by atoms with Gasteiger partial charge in [-0.1, -0.05) is 19.3 Å². The number of likely N-dealkylation sites (tertiary alicyclic amines) is 1. The average Bonchev–Trinajstić information content (AvgIpc) is 3.01. The van der Waals surface area contributed by atoms with Crippen molar-refractivity contribution < 1.29 is 19.1 Å². The van der Waals surface area contributed by atoms with E-state index in [1.54, 1.807) is 11.8 Å². The van der Waals surface area contributed by atoms with Crippen LogP contribution in [0.5, 0.6) is 0 Å². The molecule has 0 aromatic rings. The summed E-state index contributed by atoms with van der Waals surface area (Å²) < 4.78 is 11.4. The number of ether oxygens (including phenoxy) is 2. The summed E-state index contributed by atoms with van der Waals surface area (Å²) in [6.07, 6.45) is 7.05. The first kappa shape index (κ1) is 16.7. The molecular weight excluding hydrogens is 296 g/mol. The predicted octanol–water partition coefficient (Wildman–Crippen LogP) is 1.53. The van der Waals surface area contributed by atoms with Crippen LogP contribution in [0.2, 0.25) is 0 Å². The van der Waals surface area contributed by atoms with Crippen molar-refractivity contribution in [3.63, 3.8) is 0 Å². The van der Waals surface area contributed by atoms with E-state index in [4.69, 9.17) is 9.47 Å². The van der Waals surface area contributed by atoms with Crippen LogP contribution >= 0.6 is 0 Å². The largest absolute Gasteiger partial charge is 0.347 e. The van der Waals surface area contributed by atoms with Gasteiger partial charge in [0.25, 0.3) is 0 Å². The molecule has 0 unspecified atom stereocenters. The molecule has 23 heavy (non-hydrogen) atoms. The van der Waals surface area contributed by atoms with Gasteiger partial charge in [-0.05, 0) is 12.8 Å². The molecule has 6 nitrogen and oxygen atoms in total. The van der Waals surface area contributed by atoms with Crippen molar-refractivity contribution in [3.05, 3.63) is 0 Å². The second-order valence-electron chi connectivity index (χ2n) is 6.93. The molecule has 1 spiro atoms. The highest BCUT2D eigenvalue weighted by Gasteiger charge is 2.41. The molecule has 1 aliphatic carbocycles. The number of hydrogen-bond acceptors (Lipinski definition) is 4. The van der Waals surface area contributed by atoms with Crippen molar-refractivity contribution in [1.29, 1.82) is 0 Å². The van der Waals surface area contributed by atoms with E-state index in [-0.39, 0.29) is 24.4 Å². The van der Waals surface area contributed by atoms with Crippen molar-refractivity contribution in [2.45, 2.75) is 63.7 Å². The molecule has 2 amide bonds. The normalized spacial score (nSPS) is 24.8. The van der Waals surface area contributed by atoms with Crippen molar-refractivity contribution in [3.8, 4) is 0 Å². The van der Waals surface area contributed by atoms with Gasteiger partial charge in [0.15, 0.2) is 5.79 Å². The van der Waals surface area contributed by atoms with E-state index in [2.05, 4.69) is 0 Å². The summed E-state index contributed by atoms with van der Waals surface area (Å²) in [5, 5.41) is 0. The van der Waals surface area contributed by atoms with E-state index in [1.807, 2.05) is 4.90 Å². The van der Waals surface area contributed by atoms with Gasteiger partial charge in [0, 0.05) is 38.9 Å². The Labute approximate surface area is 138 Å². The van der Waals surface area contributed by atoms with Gasteiger partial charge in [-0.25, -0.2) is 0 Å². The van der Waals surface area contributed by atoms with E-state index < -0.39 is 5.79 Å². The number of hydrogen-bond donors (Lipinski definition) is 0. The van der Waals surface area contributed by atoms with Gasteiger partial charge in [0.1, 0.15) is 0 Å². The molecule has 3 fully saturated rings. The minimum atomic E-state index is -0.458. The minimum absolute atomic E-state index is 0.0150. The molecule has 0 atom stereocenters. The Kier molecular flexibility index (Phi) is 5.21. The lowest BCUT2D eigenvalue weighted by molar-refractivity contribution is -0.188. The molecule has 1 saturated carbocycles. The number of amides is 2. The fourth-order valence-corrected chi connectivity index (χ4v) is 4.02. The Morgan fingerprint density at radius 3 is 2.26 bits per heavy atom. The van der Waals surface area contributed by atoms with Gasteiger partial charge < -0.3 is 19.3 Å². The zero-order valence-electron chi connectivity index (χ0n) is 14.1. The molecule has 3 rings (SSSR count). The Morgan fingerprint density at radius 1 is 1.09 bits per heavy atom. The fraction of sp³-hybridized carbons (Fsp3) is 0.882. The van der Waals surface area contributed by atoms with Crippen LogP contribution in [0.15, 0.2) is 0 Å². The monoisotopic (exact) mass is 324 g/mol. The first-order valence-electron chi connectivity index (χ1n) is 8.93. The highest BCUT2D eigenvalue weighted by atomic mass is 16.7. The molecule has 0 aromatic carbocycles. The average molecular weight is 324 g/mol. The summed E-state index contributed by atoms with van der Waals surface area (Å²) in [5.74, 6) is -0.389. The van der Waals surface area contributed by atoms with Gasteiger partial charge in [-0.2, -0.15) is 0 Å². The van der Waals surface area contributed by atoms with Crippen molar-refractivity contribution in [2.24, 2.45) is 0 Å². The molecule has 130 valence electrons. The Morgan fingerprint density at radius 2 is 1.70 bits per heavy atom. The molecule has 6 heteroatoms. The van der Waals surface area contributed by atoms with E-state index in [1.165, 1.54) is 6.42 Å². The Balaban J connectivity index is 1.53. The zero-order chi connectivity index (χ0) is 16.3. The third kappa shape index (κ3) is 3.86. The summed E-state index contributed by atoms with van der Waals surface area (Å²) >= 11 is 0. The lowest BCUT2D eigenvalue weighted by Gasteiger charge is -2.39. The summed E-state index contributed by atoms with van der Waals surface area (Å²) in [5.41, 5.74) is 0. The van der Waals surface area contributed by atoms with Crippen molar-refractivity contribution >= 4 is 11.8 Å². The topological polar surface area (TPSA) is 59.1 Å². The Bertz CT molecular complexity index is 432. The van der Waals surface area contributed by atoms with Gasteiger partial charge in [0.05, 0.1) is 19.8 Å². The van der Waals surface area contributed by atoms with E-state index >= 15 is 0 Å². The van der Waals surface area contributed by atoms with E-state index in [0.717, 1.165) is 38.5 Å². The molecule has 2 aliphatic heterocycles. The lowest BCUT2D eigenvalue weighted by Crippen LogP contribution is -2.52. The molecule has 3 aliphatic rings. The van der Waals surface area contributed by atoms with Crippen LogP contribution in [0.1, 0.15) is 51.9 Å². The number of nitrogens with zero attached hydrogens (tertiary/aromatic N) is 2. The van der Waals surface area contributed by atoms with Crippen LogP contribution in [0.3, 0.4) is 0 Å². The maximum absolute atomic E-state index is 12.6. The summed E-state index contributed by atoms with van der Waals surface area (Å²) in [6.45, 7) is 4.38. The number of carbonyl (C=O) groups excluding carboxylic acids is 2. The third-order valence-electron chi connectivity index (χ3n) is 5.42. The molecular formula is C17H28N2O4. The minimum Gasteiger partial charge on any atom is -0.347 e. The molecule has 2 saturated heterocycles.